The summed E-state index contributed by atoms with van der Waals surface area (Å²) in [6, 6.07) is 28.4. The molecule has 3 rings (SSSR count). The number of rotatable bonds is 8. The Hall–Kier alpha value is -3.91. The molecule has 1 amide bonds. The Morgan fingerprint density at radius 2 is 1.53 bits per heavy atom. The summed E-state index contributed by atoms with van der Waals surface area (Å²) in [5.41, 5.74) is 2.97. The number of carbonyl (C=O) groups excluding carboxylic acids is 2. The number of esters is 1. The highest BCUT2D eigenvalue weighted by molar-refractivity contribution is 5.91. The van der Waals surface area contributed by atoms with Crippen molar-refractivity contribution in [3.05, 3.63) is 107 Å². The number of carbonyl (C=O) groups is 2. The quantitative estimate of drug-likeness (QED) is 0.581. The molecule has 0 radical (unpaired) electrons. The van der Waals surface area contributed by atoms with Crippen LogP contribution in [0, 0.1) is 11.3 Å². The van der Waals surface area contributed by atoms with E-state index in [9.17, 15) is 9.59 Å². The second kappa shape index (κ2) is 10.6. The molecule has 5 nitrogen and oxygen atoms in total. The molecular weight excluding hydrogens is 376 g/mol. The highest BCUT2D eigenvalue weighted by Gasteiger charge is 2.15. The SMILES string of the molecule is N#Cc1cccc(C(=O)OCC(=O)NCCC(c2ccccc2)c2ccccc2)c1. The van der Waals surface area contributed by atoms with Gasteiger partial charge < -0.3 is 10.1 Å². The van der Waals surface area contributed by atoms with Gasteiger partial charge in [-0.2, -0.15) is 5.26 Å². The third-order valence-corrected chi connectivity index (χ3v) is 4.72. The summed E-state index contributed by atoms with van der Waals surface area (Å²) < 4.78 is 5.06. The maximum atomic E-state index is 12.1. The molecule has 5 heteroatoms. The average Bonchev–Trinajstić information content (AvgIpc) is 2.81. The monoisotopic (exact) mass is 398 g/mol. The van der Waals surface area contributed by atoms with E-state index < -0.39 is 5.97 Å². The van der Waals surface area contributed by atoms with Gasteiger partial charge in [-0.05, 0) is 35.7 Å². The van der Waals surface area contributed by atoms with Crippen molar-refractivity contribution in [2.75, 3.05) is 13.2 Å². The number of hydrogen-bond acceptors (Lipinski definition) is 4. The molecule has 0 aliphatic heterocycles. The van der Waals surface area contributed by atoms with Gasteiger partial charge in [-0.1, -0.05) is 66.7 Å². The van der Waals surface area contributed by atoms with Crippen LogP contribution in [0.4, 0.5) is 0 Å². The third-order valence-electron chi connectivity index (χ3n) is 4.72. The second-order valence-corrected chi connectivity index (χ2v) is 6.78. The lowest BCUT2D eigenvalue weighted by Gasteiger charge is -2.18. The minimum Gasteiger partial charge on any atom is -0.452 e. The lowest BCUT2D eigenvalue weighted by atomic mass is 9.88. The fraction of sp³-hybridized carbons (Fsp3) is 0.160. The number of nitrogens with one attached hydrogen (secondary N) is 1. The minimum atomic E-state index is -0.631. The van der Waals surface area contributed by atoms with Gasteiger partial charge in [-0.15, -0.1) is 0 Å². The molecule has 0 saturated carbocycles. The van der Waals surface area contributed by atoms with E-state index in [4.69, 9.17) is 10.00 Å². The van der Waals surface area contributed by atoms with E-state index in [-0.39, 0.29) is 24.0 Å². The first-order chi connectivity index (χ1) is 14.7. The molecule has 0 atom stereocenters. The van der Waals surface area contributed by atoms with Gasteiger partial charge in [0.15, 0.2) is 6.61 Å². The molecule has 0 aromatic heterocycles. The first-order valence-electron chi connectivity index (χ1n) is 9.71. The van der Waals surface area contributed by atoms with E-state index in [1.165, 1.54) is 17.2 Å². The molecule has 1 N–H and O–H groups in total. The summed E-state index contributed by atoms with van der Waals surface area (Å²) in [5.74, 6) is -0.836. The van der Waals surface area contributed by atoms with Crippen molar-refractivity contribution < 1.29 is 14.3 Å². The molecule has 0 aliphatic rings. The number of nitrogens with zero attached hydrogens (tertiary/aromatic N) is 1. The maximum absolute atomic E-state index is 12.1. The van der Waals surface area contributed by atoms with E-state index in [2.05, 4.69) is 29.6 Å². The molecule has 150 valence electrons. The highest BCUT2D eigenvalue weighted by Crippen LogP contribution is 2.27. The fourth-order valence-corrected chi connectivity index (χ4v) is 3.23. The molecule has 3 aromatic rings. The average molecular weight is 398 g/mol. The fourth-order valence-electron chi connectivity index (χ4n) is 3.23. The normalized spacial score (nSPS) is 10.3. The van der Waals surface area contributed by atoms with Crippen LogP contribution in [-0.4, -0.2) is 25.0 Å². The van der Waals surface area contributed by atoms with Crippen molar-refractivity contribution in [1.29, 1.82) is 5.26 Å². The Bertz CT molecular complexity index is 988. The van der Waals surface area contributed by atoms with Crippen LogP contribution in [-0.2, 0) is 9.53 Å². The Labute approximate surface area is 175 Å². The van der Waals surface area contributed by atoms with Crippen molar-refractivity contribution in [3.63, 3.8) is 0 Å². The Morgan fingerprint density at radius 3 is 2.13 bits per heavy atom. The van der Waals surface area contributed by atoms with E-state index in [0.29, 0.717) is 12.1 Å². The van der Waals surface area contributed by atoms with Gasteiger partial charge in [0.05, 0.1) is 17.2 Å². The van der Waals surface area contributed by atoms with Crippen molar-refractivity contribution in [1.82, 2.24) is 5.32 Å². The molecule has 0 bridgehead atoms. The molecule has 0 fully saturated rings. The number of benzene rings is 3. The zero-order valence-electron chi connectivity index (χ0n) is 16.5. The smallest absolute Gasteiger partial charge is 0.338 e. The van der Waals surface area contributed by atoms with Crippen molar-refractivity contribution in [3.8, 4) is 6.07 Å². The van der Waals surface area contributed by atoms with Crippen LogP contribution >= 0.6 is 0 Å². The van der Waals surface area contributed by atoms with E-state index >= 15 is 0 Å². The molecule has 0 unspecified atom stereocenters. The summed E-state index contributed by atoms with van der Waals surface area (Å²) >= 11 is 0. The number of ether oxygens (including phenoxy) is 1. The molecule has 30 heavy (non-hydrogen) atoms. The summed E-state index contributed by atoms with van der Waals surface area (Å²) in [4.78, 5) is 24.2. The maximum Gasteiger partial charge on any atom is 0.338 e. The molecule has 0 saturated heterocycles. The lowest BCUT2D eigenvalue weighted by molar-refractivity contribution is -0.124. The summed E-state index contributed by atoms with van der Waals surface area (Å²) in [6.45, 7) is 0.0890. The van der Waals surface area contributed by atoms with Crippen molar-refractivity contribution in [2.24, 2.45) is 0 Å². The van der Waals surface area contributed by atoms with Gasteiger partial charge >= 0.3 is 5.97 Å². The van der Waals surface area contributed by atoms with Gasteiger partial charge in [-0.3, -0.25) is 4.79 Å². The van der Waals surface area contributed by atoms with Crippen molar-refractivity contribution >= 4 is 11.9 Å². The van der Waals surface area contributed by atoms with Gasteiger partial charge in [0.1, 0.15) is 0 Å². The second-order valence-electron chi connectivity index (χ2n) is 6.78. The molecule has 0 aliphatic carbocycles. The summed E-state index contributed by atoms with van der Waals surface area (Å²) in [5, 5.41) is 11.7. The van der Waals surface area contributed by atoms with Gasteiger partial charge in [-0.25, -0.2) is 4.79 Å². The standard InChI is InChI=1S/C25H22N2O3/c26-17-19-8-7-13-22(16-19)25(29)30-18-24(28)27-15-14-23(20-9-3-1-4-10-20)21-11-5-2-6-12-21/h1-13,16,23H,14-15,18H2,(H,27,28). The van der Waals surface area contributed by atoms with E-state index in [0.717, 1.165) is 6.42 Å². The molecule has 3 aromatic carbocycles. The zero-order valence-corrected chi connectivity index (χ0v) is 16.5. The first kappa shape index (κ1) is 20.8. The van der Waals surface area contributed by atoms with Crippen LogP contribution in [0.3, 0.4) is 0 Å². The van der Waals surface area contributed by atoms with Crippen molar-refractivity contribution in [2.45, 2.75) is 12.3 Å². The number of amides is 1. The van der Waals surface area contributed by atoms with Crippen LogP contribution in [0.1, 0.15) is 39.4 Å². The predicted molar refractivity (Wildman–Crippen MR) is 114 cm³/mol. The van der Waals surface area contributed by atoms with E-state index in [1.807, 2.05) is 42.5 Å². The largest absolute Gasteiger partial charge is 0.452 e. The molecule has 0 spiro atoms. The Kier molecular flexibility index (Phi) is 7.34. The van der Waals surface area contributed by atoms with Crippen LogP contribution in [0.5, 0.6) is 0 Å². The third kappa shape index (κ3) is 5.79. The minimum absolute atomic E-state index is 0.156. The van der Waals surface area contributed by atoms with Gasteiger partial charge in [0.25, 0.3) is 5.91 Å². The topological polar surface area (TPSA) is 79.2 Å². The van der Waals surface area contributed by atoms with Gasteiger partial charge in [0, 0.05) is 12.5 Å². The number of hydrogen-bond donors (Lipinski definition) is 1. The Balaban J connectivity index is 1.52. The molecular formula is C25H22N2O3. The predicted octanol–water partition coefficient (Wildman–Crippen LogP) is 4.05. The zero-order chi connectivity index (χ0) is 21.2. The lowest BCUT2D eigenvalue weighted by Crippen LogP contribution is -2.30. The highest BCUT2D eigenvalue weighted by atomic mass is 16.5. The summed E-state index contributed by atoms with van der Waals surface area (Å²) in [7, 11) is 0. The summed E-state index contributed by atoms with van der Waals surface area (Å²) in [6.07, 6.45) is 0.720. The Morgan fingerprint density at radius 1 is 0.900 bits per heavy atom. The van der Waals surface area contributed by atoms with Crippen LogP contribution < -0.4 is 5.32 Å². The van der Waals surface area contributed by atoms with Crippen LogP contribution in [0.15, 0.2) is 84.9 Å². The van der Waals surface area contributed by atoms with Gasteiger partial charge in [0.2, 0.25) is 0 Å². The van der Waals surface area contributed by atoms with Crippen LogP contribution in [0.25, 0.3) is 0 Å². The first-order valence-corrected chi connectivity index (χ1v) is 9.71. The van der Waals surface area contributed by atoms with E-state index in [1.54, 1.807) is 18.2 Å². The molecule has 0 heterocycles. The van der Waals surface area contributed by atoms with Crippen LogP contribution in [0.2, 0.25) is 0 Å². The number of nitriles is 1.